The van der Waals surface area contributed by atoms with Crippen LogP contribution in [0, 0.1) is 6.92 Å². The Morgan fingerprint density at radius 2 is 1.94 bits per heavy atom. The topological polar surface area (TPSA) is 42.1 Å². The molecule has 0 saturated carbocycles. The van der Waals surface area contributed by atoms with E-state index in [-0.39, 0.29) is 0 Å². The molecule has 1 aliphatic heterocycles. The Bertz CT molecular complexity index is 557. The van der Waals surface area contributed by atoms with Crippen LogP contribution in [0.5, 0.6) is 0 Å². The van der Waals surface area contributed by atoms with Crippen molar-refractivity contribution in [3.05, 3.63) is 36.0 Å². The lowest BCUT2D eigenvalue weighted by Crippen LogP contribution is -2.40. The minimum absolute atomic E-state index is 0.359. The first kappa shape index (κ1) is 11.5. The molecule has 1 fully saturated rings. The lowest BCUT2D eigenvalue weighted by atomic mass is 10.0. The first-order valence-corrected chi connectivity index (χ1v) is 6.61. The van der Waals surface area contributed by atoms with E-state index in [4.69, 9.17) is 10.7 Å². The number of anilines is 1. The highest BCUT2D eigenvalue weighted by molar-refractivity contribution is 5.92. The highest BCUT2D eigenvalue weighted by atomic mass is 15.2. The molecule has 3 nitrogen and oxygen atoms in total. The summed E-state index contributed by atoms with van der Waals surface area (Å²) in [5.74, 6) is 1.12. The second-order valence-electron chi connectivity index (χ2n) is 5.13. The Hall–Kier alpha value is -1.61. The molecule has 1 aromatic heterocycles. The molecule has 0 radical (unpaired) electrons. The van der Waals surface area contributed by atoms with Crippen molar-refractivity contribution in [2.24, 2.45) is 5.73 Å². The fourth-order valence-corrected chi connectivity index (χ4v) is 2.66. The van der Waals surface area contributed by atoms with Crippen LogP contribution in [0.25, 0.3) is 10.8 Å². The van der Waals surface area contributed by atoms with Gasteiger partial charge in [-0.1, -0.05) is 24.3 Å². The molecule has 0 atom stereocenters. The lowest BCUT2D eigenvalue weighted by Gasteiger charge is -2.32. The number of aryl methyl sites for hydroxylation is 1. The Labute approximate surface area is 108 Å². The largest absolute Gasteiger partial charge is 0.356 e. The van der Waals surface area contributed by atoms with Crippen LogP contribution in [0.15, 0.2) is 30.3 Å². The maximum Gasteiger partial charge on any atom is 0.136 e. The lowest BCUT2D eigenvalue weighted by molar-refractivity contribution is 0.499. The molecule has 2 N–H and O–H groups in total. The van der Waals surface area contributed by atoms with Gasteiger partial charge < -0.3 is 10.6 Å². The maximum absolute atomic E-state index is 5.97. The molecule has 94 valence electrons. The highest BCUT2D eigenvalue weighted by Crippen LogP contribution is 2.27. The summed E-state index contributed by atoms with van der Waals surface area (Å²) >= 11 is 0. The van der Waals surface area contributed by atoms with Crippen molar-refractivity contribution >= 4 is 16.6 Å². The van der Waals surface area contributed by atoms with Crippen molar-refractivity contribution in [2.75, 3.05) is 18.0 Å². The Kier molecular flexibility index (Phi) is 2.92. The van der Waals surface area contributed by atoms with E-state index in [0.29, 0.717) is 6.04 Å². The molecule has 1 saturated heterocycles. The van der Waals surface area contributed by atoms with E-state index >= 15 is 0 Å². The first-order chi connectivity index (χ1) is 8.74. The molecule has 0 spiro atoms. The Morgan fingerprint density at radius 1 is 1.22 bits per heavy atom. The predicted molar refractivity (Wildman–Crippen MR) is 75.9 cm³/mol. The van der Waals surface area contributed by atoms with Crippen LogP contribution in [-0.2, 0) is 0 Å². The number of nitrogens with two attached hydrogens (primary N) is 1. The summed E-state index contributed by atoms with van der Waals surface area (Å²) in [6, 6.07) is 11.0. The third-order valence-corrected chi connectivity index (χ3v) is 3.69. The van der Waals surface area contributed by atoms with E-state index in [1.54, 1.807) is 0 Å². The summed E-state index contributed by atoms with van der Waals surface area (Å²) in [6.07, 6.45) is 2.12. The summed E-state index contributed by atoms with van der Waals surface area (Å²) in [4.78, 5) is 7.11. The number of aromatic nitrogens is 1. The van der Waals surface area contributed by atoms with Gasteiger partial charge in [0.15, 0.2) is 0 Å². The molecule has 2 aromatic rings. The van der Waals surface area contributed by atoms with E-state index < -0.39 is 0 Å². The first-order valence-electron chi connectivity index (χ1n) is 6.61. The summed E-state index contributed by atoms with van der Waals surface area (Å²) in [6.45, 7) is 4.09. The van der Waals surface area contributed by atoms with Gasteiger partial charge in [-0.15, -0.1) is 0 Å². The van der Waals surface area contributed by atoms with Gasteiger partial charge in [0.05, 0.1) is 0 Å². The quantitative estimate of drug-likeness (QED) is 0.834. The minimum atomic E-state index is 0.359. The summed E-state index contributed by atoms with van der Waals surface area (Å²) in [5, 5.41) is 2.52. The van der Waals surface area contributed by atoms with E-state index in [1.165, 1.54) is 10.8 Å². The van der Waals surface area contributed by atoms with Crippen molar-refractivity contribution in [3.8, 4) is 0 Å². The maximum atomic E-state index is 5.97. The van der Waals surface area contributed by atoms with Crippen molar-refractivity contribution in [1.29, 1.82) is 0 Å². The van der Waals surface area contributed by atoms with Crippen LogP contribution < -0.4 is 10.6 Å². The van der Waals surface area contributed by atoms with E-state index in [1.807, 2.05) is 0 Å². The number of pyridine rings is 1. The van der Waals surface area contributed by atoms with Gasteiger partial charge in [-0.3, -0.25) is 0 Å². The Balaban J connectivity index is 2.05. The molecule has 1 aliphatic rings. The molecule has 0 unspecified atom stereocenters. The van der Waals surface area contributed by atoms with E-state index in [9.17, 15) is 0 Å². The number of fused-ring (bicyclic) bond motifs is 1. The average Bonchev–Trinajstić information content (AvgIpc) is 2.38. The molecule has 18 heavy (non-hydrogen) atoms. The zero-order chi connectivity index (χ0) is 12.5. The number of benzene rings is 1. The predicted octanol–water partition coefficient (Wildman–Crippen LogP) is 2.47. The van der Waals surface area contributed by atoms with Crippen LogP contribution in [-0.4, -0.2) is 24.1 Å². The molecule has 0 amide bonds. The smallest absolute Gasteiger partial charge is 0.136 e. The fourth-order valence-electron chi connectivity index (χ4n) is 2.66. The third-order valence-electron chi connectivity index (χ3n) is 3.69. The molecule has 0 aliphatic carbocycles. The highest BCUT2D eigenvalue weighted by Gasteiger charge is 2.19. The van der Waals surface area contributed by atoms with Gasteiger partial charge >= 0.3 is 0 Å². The zero-order valence-corrected chi connectivity index (χ0v) is 10.8. The molecule has 3 rings (SSSR count). The normalized spacial score (nSPS) is 17.3. The number of nitrogens with zero attached hydrogens (tertiary/aromatic N) is 2. The van der Waals surface area contributed by atoms with Gasteiger partial charge in [0.1, 0.15) is 5.82 Å². The molecular formula is C15H19N3. The van der Waals surface area contributed by atoms with Gasteiger partial charge in [-0.2, -0.15) is 0 Å². The van der Waals surface area contributed by atoms with E-state index in [0.717, 1.165) is 37.4 Å². The summed E-state index contributed by atoms with van der Waals surface area (Å²) in [5.41, 5.74) is 7.05. The summed E-state index contributed by atoms with van der Waals surface area (Å²) < 4.78 is 0. The number of hydrogen-bond donors (Lipinski definition) is 1. The third kappa shape index (κ3) is 2.06. The standard InChI is InChI=1S/C15H19N3/c1-11-10-12-4-2-3-5-14(12)15(17-11)18-8-6-13(16)7-9-18/h2-5,10,13H,6-9,16H2,1H3. The van der Waals surface area contributed by atoms with Crippen LogP contribution in [0.4, 0.5) is 5.82 Å². The van der Waals surface area contributed by atoms with Crippen molar-refractivity contribution < 1.29 is 0 Å². The molecule has 0 bridgehead atoms. The SMILES string of the molecule is Cc1cc2ccccc2c(N2CCC(N)CC2)n1. The van der Waals surface area contributed by atoms with Gasteiger partial charge in [0.25, 0.3) is 0 Å². The Morgan fingerprint density at radius 3 is 2.72 bits per heavy atom. The van der Waals surface area contributed by atoms with Crippen LogP contribution in [0.3, 0.4) is 0 Å². The van der Waals surface area contributed by atoms with Gasteiger partial charge in [-0.25, -0.2) is 4.98 Å². The molecular weight excluding hydrogens is 222 g/mol. The number of hydrogen-bond acceptors (Lipinski definition) is 3. The van der Waals surface area contributed by atoms with Gasteiger partial charge in [-0.05, 0) is 31.2 Å². The molecule has 2 heterocycles. The zero-order valence-electron chi connectivity index (χ0n) is 10.8. The van der Waals surface area contributed by atoms with Crippen LogP contribution >= 0.6 is 0 Å². The monoisotopic (exact) mass is 241 g/mol. The second kappa shape index (κ2) is 4.58. The average molecular weight is 241 g/mol. The van der Waals surface area contributed by atoms with Gasteiger partial charge in [0, 0.05) is 30.2 Å². The van der Waals surface area contributed by atoms with Crippen molar-refractivity contribution in [3.63, 3.8) is 0 Å². The van der Waals surface area contributed by atoms with Crippen molar-refractivity contribution in [1.82, 2.24) is 4.98 Å². The fraction of sp³-hybridized carbons (Fsp3) is 0.400. The van der Waals surface area contributed by atoms with Crippen LogP contribution in [0.1, 0.15) is 18.5 Å². The molecule has 3 heteroatoms. The number of rotatable bonds is 1. The van der Waals surface area contributed by atoms with Crippen LogP contribution in [0.2, 0.25) is 0 Å². The number of piperidine rings is 1. The molecule has 1 aromatic carbocycles. The minimum Gasteiger partial charge on any atom is -0.356 e. The second-order valence-corrected chi connectivity index (χ2v) is 5.13. The van der Waals surface area contributed by atoms with Gasteiger partial charge in [0.2, 0.25) is 0 Å². The van der Waals surface area contributed by atoms with E-state index in [2.05, 4.69) is 42.2 Å². The van der Waals surface area contributed by atoms with Crippen molar-refractivity contribution in [2.45, 2.75) is 25.8 Å². The summed E-state index contributed by atoms with van der Waals surface area (Å²) in [7, 11) is 0.